The number of nitrogens with zero attached hydrogens (tertiary/aromatic N) is 2. The van der Waals surface area contributed by atoms with Gasteiger partial charge in [0, 0.05) is 31.9 Å². The third-order valence-corrected chi connectivity index (χ3v) is 5.68. The number of amides is 2. The molecule has 0 radical (unpaired) electrons. The lowest BCUT2D eigenvalue weighted by Gasteiger charge is -2.30. The summed E-state index contributed by atoms with van der Waals surface area (Å²) in [6.07, 6.45) is 3.39. The van der Waals surface area contributed by atoms with Crippen molar-refractivity contribution in [2.75, 3.05) is 39.7 Å². The Bertz CT molecular complexity index is 1040. The minimum absolute atomic E-state index is 0.0162. The first-order chi connectivity index (χ1) is 15.3. The van der Waals surface area contributed by atoms with E-state index in [0.29, 0.717) is 41.8 Å². The van der Waals surface area contributed by atoms with Crippen LogP contribution in [0.2, 0.25) is 0 Å². The molecule has 0 aliphatic carbocycles. The summed E-state index contributed by atoms with van der Waals surface area (Å²) < 4.78 is 17.1. The van der Waals surface area contributed by atoms with Crippen LogP contribution in [0.5, 0.6) is 17.2 Å². The molecule has 9 heteroatoms. The molecule has 0 unspecified atom stereocenters. The third-order valence-electron chi connectivity index (χ3n) is 5.68. The number of aromatic nitrogens is 1. The molecular formula is C23H29N3O6. The van der Waals surface area contributed by atoms with Crippen molar-refractivity contribution in [3.05, 3.63) is 45.9 Å². The number of aryl methyl sites for hydroxylation is 1. The van der Waals surface area contributed by atoms with Crippen LogP contribution in [0.3, 0.4) is 0 Å². The molecule has 1 aromatic carbocycles. The molecule has 0 atom stereocenters. The van der Waals surface area contributed by atoms with Gasteiger partial charge in [-0.15, -0.1) is 0 Å². The zero-order valence-corrected chi connectivity index (χ0v) is 19.1. The molecule has 0 bridgehead atoms. The fraction of sp³-hybridized carbons (Fsp3) is 0.435. The van der Waals surface area contributed by atoms with Crippen molar-refractivity contribution in [3.8, 4) is 17.2 Å². The molecular weight excluding hydrogens is 414 g/mol. The number of rotatable bonds is 6. The van der Waals surface area contributed by atoms with Crippen molar-refractivity contribution in [1.82, 2.24) is 9.47 Å². The van der Waals surface area contributed by atoms with Gasteiger partial charge in [0.15, 0.2) is 11.5 Å². The van der Waals surface area contributed by atoms with Gasteiger partial charge in [-0.3, -0.25) is 14.4 Å². The molecule has 1 fully saturated rings. The number of methoxy groups -OCH3 is 3. The minimum Gasteiger partial charge on any atom is -0.493 e. The molecule has 3 rings (SSSR count). The second-order valence-electron chi connectivity index (χ2n) is 7.90. The molecule has 9 nitrogen and oxygen atoms in total. The quantitative estimate of drug-likeness (QED) is 0.737. The Balaban J connectivity index is 1.90. The van der Waals surface area contributed by atoms with E-state index in [0.717, 1.165) is 12.8 Å². The Morgan fingerprint density at radius 1 is 0.969 bits per heavy atom. The first-order valence-corrected chi connectivity index (χ1v) is 10.4. The Labute approximate surface area is 186 Å². The molecule has 172 valence electrons. The van der Waals surface area contributed by atoms with E-state index < -0.39 is 11.5 Å². The molecule has 1 N–H and O–H groups in total. The molecule has 2 heterocycles. The summed E-state index contributed by atoms with van der Waals surface area (Å²) in [6.45, 7) is 3.52. The Hall–Kier alpha value is -3.49. The van der Waals surface area contributed by atoms with Gasteiger partial charge in [-0.05, 0) is 37.0 Å². The smallest absolute Gasteiger partial charge is 0.274 e. The number of carbonyl (C=O) groups excluding carboxylic acids is 2. The van der Waals surface area contributed by atoms with E-state index in [4.69, 9.17) is 14.2 Å². The highest BCUT2D eigenvalue weighted by molar-refractivity contribution is 6.05. The molecule has 1 aliphatic heterocycles. The predicted octanol–water partition coefficient (Wildman–Crippen LogP) is 2.54. The van der Waals surface area contributed by atoms with E-state index in [1.165, 1.54) is 50.3 Å². The first kappa shape index (κ1) is 23.2. The number of anilines is 1. The van der Waals surface area contributed by atoms with Crippen LogP contribution in [0.1, 0.15) is 40.5 Å². The molecule has 0 spiro atoms. The van der Waals surface area contributed by atoms with Crippen molar-refractivity contribution in [1.29, 1.82) is 0 Å². The van der Waals surface area contributed by atoms with E-state index in [-0.39, 0.29) is 17.2 Å². The lowest BCUT2D eigenvalue weighted by Crippen LogP contribution is -2.38. The van der Waals surface area contributed by atoms with Crippen LogP contribution in [-0.4, -0.2) is 55.7 Å². The van der Waals surface area contributed by atoms with E-state index >= 15 is 0 Å². The van der Waals surface area contributed by atoms with Gasteiger partial charge in [0.25, 0.3) is 17.4 Å². The van der Waals surface area contributed by atoms with E-state index in [1.54, 1.807) is 11.9 Å². The fourth-order valence-electron chi connectivity index (χ4n) is 3.72. The summed E-state index contributed by atoms with van der Waals surface area (Å²) in [6, 6.07) is 4.41. The largest absolute Gasteiger partial charge is 0.493 e. The number of benzene rings is 1. The highest BCUT2D eigenvalue weighted by atomic mass is 16.5. The number of pyridine rings is 1. The van der Waals surface area contributed by atoms with Crippen molar-refractivity contribution < 1.29 is 23.8 Å². The Morgan fingerprint density at radius 3 is 2.09 bits per heavy atom. The van der Waals surface area contributed by atoms with Gasteiger partial charge in [0.1, 0.15) is 5.69 Å². The zero-order chi connectivity index (χ0) is 23.4. The lowest BCUT2D eigenvalue weighted by atomic mass is 9.99. The monoisotopic (exact) mass is 443 g/mol. The molecule has 2 amide bonds. The average molecular weight is 444 g/mol. The average Bonchev–Trinajstić information content (AvgIpc) is 2.80. The van der Waals surface area contributed by atoms with E-state index in [9.17, 15) is 14.4 Å². The number of hydrogen-bond donors (Lipinski definition) is 1. The zero-order valence-electron chi connectivity index (χ0n) is 19.1. The van der Waals surface area contributed by atoms with Gasteiger partial charge in [0.2, 0.25) is 5.75 Å². The number of carbonyl (C=O) groups is 2. The topological polar surface area (TPSA) is 99.1 Å². The highest BCUT2D eigenvalue weighted by Gasteiger charge is 2.23. The maximum absolute atomic E-state index is 13.0. The maximum Gasteiger partial charge on any atom is 0.274 e. The molecule has 2 aromatic rings. The minimum atomic E-state index is -0.544. The normalized spacial score (nSPS) is 14.1. The number of likely N-dealkylation sites (tertiary alicyclic amines) is 1. The van der Waals surface area contributed by atoms with Crippen LogP contribution in [0.25, 0.3) is 0 Å². The second-order valence-corrected chi connectivity index (χ2v) is 7.90. The summed E-state index contributed by atoms with van der Waals surface area (Å²) >= 11 is 0. The highest BCUT2D eigenvalue weighted by Crippen LogP contribution is 2.38. The predicted molar refractivity (Wildman–Crippen MR) is 120 cm³/mol. The van der Waals surface area contributed by atoms with E-state index in [2.05, 4.69) is 12.2 Å². The summed E-state index contributed by atoms with van der Waals surface area (Å²) in [5, 5.41) is 2.62. The van der Waals surface area contributed by atoms with Gasteiger partial charge in [-0.2, -0.15) is 0 Å². The van der Waals surface area contributed by atoms with Crippen LogP contribution in [-0.2, 0) is 7.05 Å². The SMILES string of the molecule is COc1cc(C(=O)Nc2cc(C(=O)N3CCC(C)CC3)cn(C)c2=O)cc(OC)c1OC. The molecule has 32 heavy (non-hydrogen) atoms. The van der Waals surface area contributed by atoms with Crippen LogP contribution >= 0.6 is 0 Å². The molecule has 1 aliphatic rings. The fourth-order valence-corrected chi connectivity index (χ4v) is 3.72. The standard InChI is InChI=1S/C23H29N3O6/c1-14-6-8-26(9-7-14)22(28)16-10-17(23(29)25(2)13-16)24-21(27)15-11-18(30-3)20(32-5)19(12-15)31-4/h10-14H,6-9H2,1-5H3,(H,24,27). The number of piperidine rings is 1. The van der Waals surface area contributed by atoms with E-state index in [1.807, 2.05) is 0 Å². The van der Waals surface area contributed by atoms with Crippen LogP contribution in [0.4, 0.5) is 5.69 Å². The number of nitrogens with one attached hydrogen (secondary N) is 1. The van der Waals surface area contributed by atoms with Crippen LogP contribution < -0.4 is 25.1 Å². The van der Waals surface area contributed by atoms with Crippen LogP contribution in [0.15, 0.2) is 29.2 Å². The molecule has 1 saturated heterocycles. The van der Waals surface area contributed by atoms with Crippen LogP contribution in [0, 0.1) is 5.92 Å². The summed E-state index contributed by atoms with van der Waals surface area (Å²) in [5.41, 5.74) is 0.155. The Morgan fingerprint density at radius 2 is 1.56 bits per heavy atom. The van der Waals surface area contributed by atoms with Crippen molar-refractivity contribution in [2.45, 2.75) is 19.8 Å². The van der Waals surface area contributed by atoms with Gasteiger partial charge in [0.05, 0.1) is 26.9 Å². The van der Waals surface area contributed by atoms with Gasteiger partial charge in [-0.25, -0.2) is 0 Å². The summed E-state index contributed by atoms with van der Waals surface area (Å²) in [5.74, 6) is 0.869. The van der Waals surface area contributed by atoms with Crippen molar-refractivity contribution in [2.24, 2.45) is 13.0 Å². The van der Waals surface area contributed by atoms with Crippen molar-refractivity contribution >= 4 is 17.5 Å². The van der Waals surface area contributed by atoms with Gasteiger partial charge >= 0.3 is 0 Å². The second kappa shape index (κ2) is 9.76. The third kappa shape index (κ3) is 4.71. The maximum atomic E-state index is 13.0. The first-order valence-electron chi connectivity index (χ1n) is 10.4. The molecule has 1 aromatic heterocycles. The van der Waals surface area contributed by atoms with Gasteiger partial charge < -0.3 is 29.0 Å². The lowest BCUT2D eigenvalue weighted by molar-refractivity contribution is 0.0696. The van der Waals surface area contributed by atoms with Gasteiger partial charge in [-0.1, -0.05) is 6.92 Å². The summed E-state index contributed by atoms with van der Waals surface area (Å²) in [7, 11) is 5.91. The number of hydrogen-bond acceptors (Lipinski definition) is 6. The molecule has 0 saturated carbocycles. The van der Waals surface area contributed by atoms with Crippen molar-refractivity contribution in [3.63, 3.8) is 0 Å². The Kier molecular flexibility index (Phi) is 7.07. The number of ether oxygens (including phenoxy) is 3. The summed E-state index contributed by atoms with van der Waals surface area (Å²) in [4.78, 5) is 40.3.